The van der Waals surface area contributed by atoms with Gasteiger partial charge in [-0.2, -0.15) is 0 Å². The van der Waals surface area contributed by atoms with Crippen molar-refractivity contribution in [1.29, 1.82) is 0 Å². The lowest BCUT2D eigenvalue weighted by Gasteiger charge is -2.58. The van der Waals surface area contributed by atoms with Crippen molar-refractivity contribution in [3.63, 3.8) is 0 Å². The SMILES string of the molecule is C#C[C@]1(O)CC[C@H]2[C@@H]3CCC4=C/C(=N\OCC(=O)N[C@H](CC(=O)O)[C@@H]5CCOC(C)(C)C5)CC[C@]4(C)[C@H]3CC[C@@]21C. The number of carboxylic acids is 1. The number of carbonyl (C=O) groups is 2. The quantitative estimate of drug-likeness (QED) is 0.299. The molecule has 3 N–H and O–H groups in total. The van der Waals surface area contributed by atoms with Crippen molar-refractivity contribution < 1.29 is 29.4 Å². The van der Waals surface area contributed by atoms with E-state index in [2.05, 4.69) is 36.3 Å². The van der Waals surface area contributed by atoms with Crippen molar-refractivity contribution in [2.24, 2.45) is 39.7 Å². The first-order chi connectivity index (χ1) is 19.3. The summed E-state index contributed by atoms with van der Waals surface area (Å²) in [7, 11) is 0. The first-order valence-electron chi connectivity index (χ1n) is 15.6. The van der Waals surface area contributed by atoms with Gasteiger partial charge >= 0.3 is 5.97 Å². The van der Waals surface area contributed by atoms with E-state index in [1.165, 1.54) is 5.57 Å². The predicted octanol–water partition coefficient (Wildman–Crippen LogP) is 4.85. The standard InChI is InChI=1S/C33H48N2O6/c1-6-33(39)15-11-26-24-8-7-22-17-23(9-13-31(22,4)25(24)10-14-32(26,33)5)35-41-20-28(36)34-27(18-29(37)38)21-12-16-40-30(2,3)19-21/h1,17,21,24-27,39H,7-16,18-20H2,2-5H3,(H,34,36)(H,37,38)/b35-23-/t21-,24-,25+,26+,27-,31+,32+,33+/m1/s1. The third-order valence-electron chi connectivity index (χ3n) is 11.8. The van der Waals surface area contributed by atoms with Crippen LogP contribution < -0.4 is 5.32 Å². The number of terminal acetylenes is 1. The van der Waals surface area contributed by atoms with Gasteiger partial charge in [0.2, 0.25) is 0 Å². The summed E-state index contributed by atoms with van der Waals surface area (Å²) < 4.78 is 5.77. The van der Waals surface area contributed by atoms with Crippen LogP contribution in [0.2, 0.25) is 0 Å². The van der Waals surface area contributed by atoms with E-state index >= 15 is 0 Å². The van der Waals surface area contributed by atoms with E-state index in [1.54, 1.807) is 0 Å². The number of oxime groups is 1. The zero-order valence-electron chi connectivity index (χ0n) is 25.2. The summed E-state index contributed by atoms with van der Waals surface area (Å²) in [5.41, 5.74) is 0.883. The summed E-state index contributed by atoms with van der Waals surface area (Å²) in [5.74, 6) is 3.14. The van der Waals surface area contributed by atoms with E-state index in [-0.39, 0.29) is 41.3 Å². The number of carboxylic acid groups (broad SMARTS) is 1. The molecule has 0 unspecified atom stereocenters. The average molecular weight is 569 g/mol. The van der Waals surface area contributed by atoms with Crippen LogP contribution in [0.5, 0.6) is 0 Å². The fourth-order valence-electron chi connectivity index (χ4n) is 9.46. The summed E-state index contributed by atoms with van der Waals surface area (Å²) in [6.45, 7) is 8.93. The van der Waals surface area contributed by atoms with Crippen LogP contribution in [-0.4, -0.2) is 58.3 Å². The second-order valence-electron chi connectivity index (χ2n) is 14.5. The predicted molar refractivity (Wildman–Crippen MR) is 156 cm³/mol. The van der Waals surface area contributed by atoms with Crippen molar-refractivity contribution in [1.82, 2.24) is 5.32 Å². The van der Waals surface area contributed by atoms with E-state index in [1.807, 2.05) is 13.8 Å². The fraction of sp³-hybridized carbons (Fsp3) is 0.788. The van der Waals surface area contributed by atoms with Gasteiger partial charge in [0.1, 0.15) is 5.60 Å². The Bertz CT molecular complexity index is 1150. The number of hydrogen-bond donors (Lipinski definition) is 3. The number of aliphatic carboxylic acids is 1. The molecule has 1 saturated heterocycles. The van der Waals surface area contributed by atoms with Gasteiger partial charge in [0.25, 0.3) is 5.91 Å². The van der Waals surface area contributed by atoms with Gasteiger partial charge in [-0.05, 0) is 113 Å². The van der Waals surface area contributed by atoms with Crippen molar-refractivity contribution in [3.8, 4) is 12.3 Å². The first-order valence-corrected chi connectivity index (χ1v) is 15.6. The van der Waals surface area contributed by atoms with Gasteiger partial charge in [0.05, 0.1) is 17.7 Å². The second kappa shape index (κ2) is 11.0. The van der Waals surface area contributed by atoms with E-state index < -0.39 is 17.6 Å². The molecule has 0 aromatic carbocycles. The fourth-order valence-corrected chi connectivity index (χ4v) is 9.46. The lowest BCUT2D eigenvalue weighted by atomic mass is 9.46. The minimum Gasteiger partial charge on any atom is -0.481 e. The molecule has 3 saturated carbocycles. The molecular weight excluding hydrogens is 520 g/mol. The maximum atomic E-state index is 12.7. The maximum absolute atomic E-state index is 12.7. The van der Waals surface area contributed by atoms with Crippen LogP contribution in [-0.2, 0) is 19.2 Å². The second-order valence-corrected chi connectivity index (χ2v) is 14.5. The van der Waals surface area contributed by atoms with Gasteiger partial charge in [0, 0.05) is 18.1 Å². The first kappa shape index (κ1) is 30.1. The minimum atomic E-state index is -0.981. The molecule has 1 aliphatic heterocycles. The highest BCUT2D eigenvalue weighted by Gasteiger charge is 2.63. The van der Waals surface area contributed by atoms with Crippen LogP contribution in [0.4, 0.5) is 0 Å². The molecule has 5 aliphatic rings. The van der Waals surface area contributed by atoms with Crippen molar-refractivity contribution in [2.45, 2.75) is 116 Å². The minimum absolute atomic E-state index is 0.0308. The normalized spacial score (nSPS) is 41.2. The van der Waals surface area contributed by atoms with Crippen molar-refractivity contribution in [2.75, 3.05) is 13.2 Å². The molecule has 0 spiro atoms. The molecule has 4 fully saturated rings. The van der Waals surface area contributed by atoms with Crippen LogP contribution >= 0.6 is 0 Å². The van der Waals surface area contributed by atoms with Gasteiger partial charge in [-0.3, -0.25) is 9.59 Å². The van der Waals surface area contributed by atoms with Gasteiger partial charge in [0.15, 0.2) is 6.61 Å². The highest BCUT2D eigenvalue weighted by molar-refractivity contribution is 5.96. The largest absolute Gasteiger partial charge is 0.481 e. The molecule has 8 heteroatoms. The lowest BCUT2D eigenvalue weighted by Crippen LogP contribution is -2.54. The Morgan fingerprint density at radius 3 is 2.61 bits per heavy atom. The van der Waals surface area contributed by atoms with Crippen molar-refractivity contribution >= 4 is 17.6 Å². The Morgan fingerprint density at radius 2 is 1.90 bits per heavy atom. The molecule has 0 bridgehead atoms. The Kier molecular flexibility index (Phi) is 8.10. The molecule has 226 valence electrons. The zero-order chi connectivity index (χ0) is 29.6. The highest BCUT2D eigenvalue weighted by Crippen LogP contribution is 2.67. The van der Waals surface area contributed by atoms with E-state index in [4.69, 9.17) is 16.0 Å². The van der Waals surface area contributed by atoms with Gasteiger partial charge in [-0.1, -0.05) is 30.5 Å². The van der Waals surface area contributed by atoms with Crippen LogP contribution in [0.15, 0.2) is 16.8 Å². The van der Waals surface area contributed by atoms with E-state index in [0.717, 1.165) is 50.7 Å². The molecule has 0 radical (unpaired) electrons. The van der Waals surface area contributed by atoms with Crippen LogP contribution in [0.1, 0.15) is 98.3 Å². The van der Waals surface area contributed by atoms with Crippen molar-refractivity contribution in [3.05, 3.63) is 11.6 Å². The molecule has 8 atom stereocenters. The van der Waals surface area contributed by atoms with E-state index in [9.17, 15) is 19.8 Å². The summed E-state index contributed by atoms with van der Waals surface area (Å²) in [4.78, 5) is 29.7. The number of nitrogens with zero attached hydrogens (tertiary/aromatic N) is 1. The summed E-state index contributed by atoms with van der Waals surface area (Å²) >= 11 is 0. The molecular formula is C33H48N2O6. The number of carbonyl (C=O) groups excluding carboxylic acids is 1. The summed E-state index contributed by atoms with van der Waals surface area (Å²) in [6, 6.07) is -0.471. The number of allylic oxidation sites excluding steroid dienone is 2. The molecule has 0 aromatic heterocycles. The van der Waals surface area contributed by atoms with Gasteiger partial charge in [-0.15, -0.1) is 6.42 Å². The Hall–Kier alpha value is -2.37. The highest BCUT2D eigenvalue weighted by atomic mass is 16.6. The van der Waals surface area contributed by atoms with Gasteiger partial charge in [-0.25, -0.2) is 0 Å². The Labute approximate surface area is 244 Å². The smallest absolute Gasteiger partial charge is 0.305 e. The number of hydrogen-bond acceptors (Lipinski definition) is 6. The molecule has 41 heavy (non-hydrogen) atoms. The molecule has 5 rings (SSSR count). The third-order valence-corrected chi connectivity index (χ3v) is 11.8. The van der Waals surface area contributed by atoms with E-state index in [0.29, 0.717) is 43.6 Å². The zero-order valence-corrected chi connectivity index (χ0v) is 25.2. The molecule has 8 nitrogen and oxygen atoms in total. The average Bonchev–Trinajstić information content (AvgIpc) is 3.18. The van der Waals surface area contributed by atoms with Crippen LogP contribution in [0.25, 0.3) is 0 Å². The number of ether oxygens (including phenoxy) is 1. The topological polar surface area (TPSA) is 117 Å². The molecule has 1 amide bonds. The van der Waals surface area contributed by atoms with Crippen LogP contribution in [0.3, 0.4) is 0 Å². The maximum Gasteiger partial charge on any atom is 0.305 e. The third kappa shape index (κ3) is 5.57. The summed E-state index contributed by atoms with van der Waals surface area (Å²) in [5, 5.41) is 27.9. The molecule has 4 aliphatic carbocycles. The molecule has 0 aromatic rings. The lowest BCUT2D eigenvalue weighted by molar-refractivity contribution is -0.139. The summed E-state index contributed by atoms with van der Waals surface area (Å²) in [6.07, 6.45) is 17.0. The number of aliphatic hydroxyl groups is 1. The number of rotatable bonds is 7. The number of amides is 1. The Balaban J connectivity index is 1.19. The monoisotopic (exact) mass is 568 g/mol. The molecule has 1 heterocycles. The van der Waals surface area contributed by atoms with Crippen LogP contribution in [0, 0.1) is 46.8 Å². The van der Waals surface area contributed by atoms with Gasteiger partial charge < -0.3 is 25.1 Å². The number of fused-ring (bicyclic) bond motifs is 5. The Morgan fingerprint density at radius 1 is 1.15 bits per heavy atom. The number of nitrogens with one attached hydrogen (secondary N) is 1.